The van der Waals surface area contributed by atoms with Gasteiger partial charge < -0.3 is 10.2 Å². The van der Waals surface area contributed by atoms with E-state index >= 15 is 0 Å². The van der Waals surface area contributed by atoms with Crippen molar-refractivity contribution in [1.29, 1.82) is 0 Å². The van der Waals surface area contributed by atoms with E-state index in [1.807, 2.05) is 42.2 Å². The molecule has 0 atom stereocenters. The molecule has 1 N–H and O–H groups in total. The van der Waals surface area contributed by atoms with Gasteiger partial charge in [0.15, 0.2) is 0 Å². The van der Waals surface area contributed by atoms with Crippen LogP contribution in [0.4, 0.5) is 4.79 Å². The Hall–Kier alpha value is -2.57. The SMILES string of the molecule is CCn1c(C2CCN(C(=O)NC3CCCC3)CC2)nn(Cc2ccccc2)c1=O. The first kappa shape index (κ1) is 19.7. The van der Waals surface area contributed by atoms with Crippen LogP contribution in [0, 0.1) is 0 Å². The monoisotopic (exact) mass is 397 g/mol. The number of hydrogen-bond donors (Lipinski definition) is 1. The summed E-state index contributed by atoms with van der Waals surface area (Å²) in [5, 5.41) is 7.88. The summed E-state index contributed by atoms with van der Waals surface area (Å²) in [5.74, 6) is 1.08. The van der Waals surface area contributed by atoms with Crippen molar-refractivity contribution in [2.45, 2.75) is 70.5 Å². The average Bonchev–Trinajstić information content (AvgIpc) is 3.37. The van der Waals surface area contributed by atoms with Crippen molar-refractivity contribution in [2.75, 3.05) is 13.1 Å². The van der Waals surface area contributed by atoms with Gasteiger partial charge in [0.25, 0.3) is 0 Å². The Morgan fingerprint density at radius 3 is 2.45 bits per heavy atom. The summed E-state index contributed by atoms with van der Waals surface area (Å²) in [5.41, 5.74) is 1.02. The van der Waals surface area contributed by atoms with Crippen LogP contribution in [-0.2, 0) is 13.1 Å². The van der Waals surface area contributed by atoms with Crippen molar-refractivity contribution in [3.05, 3.63) is 52.2 Å². The van der Waals surface area contributed by atoms with Gasteiger partial charge in [-0.2, -0.15) is 5.10 Å². The quantitative estimate of drug-likeness (QED) is 0.843. The second-order valence-corrected chi connectivity index (χ2v) is 8.22. The zero-order valence-corrected chi connectivity index (χ0v) is 17.2. The number of aromatic nitrogens is 3. The standard InChI is InChI=1S/C22H31N5O2/c1-2-26-20(24-27(22(26)29)16-17-8-4-3-5-9-17)18-12-14-25(15-13-18)21(28)23-19-10-6-7-11-19/h3-5,8-9,18-19H,2,6-7,10-16H2,1H3,(H,23,28). The molecule has 0 bridgehead atoms. The molecule has 2 fully saturated rings. The minimum atomic E-state index is -0.0484. The Morgan fingerprint density at radius 1 is 1.10 bits per heavy atom. The lowest BCUT2D eigenvalue weighted by molar-refractivity contribution is 0.176. The Kier molecular flexibility index (Phi) is 6.02. The second-order valence-electron chi connectivity index (χ2n) is 8.22. The zero-order chi connectivity index (χ0) is 20.2. The van der Waals surface area contributed by atoms with E-state index in [-0.39, 0.29) is 17.6 Å². The third-order valence-corrected chi connectivity index (χ3v) is 6.27. The molecule has 2 aliphatic rings. The number of likely N-dealkylation sites (tertiary alicyclic amines) is 1. The van der Waals surface area contributed by atoms with E-state index in [1.54, 1.807) is 9.25 Å². The van der Waals surface area contributed by atoms with Gasteiger partial charge in [-0.1, -0.05) is 43.2 Å². The maximum atomic E-state index is 12.8. The summed E-state index contributed by atoms with van der Waals surface area (Å²) in [4.78, 5) is 27.3. The first-order valence-electron chi connectivity index (χ1n) is 10.9. The van der Waals surface area contributed by atoms with Crippen molar-refractivity contribution in [1.82, 2.24) is 24.6 Å². The lowest BCUT2D eigenvalue weighted by Gasteiger charge is -2.32. The van der Waals surface area contributed by atoms with Gasteiger partial charge in [0, 0.05) is 31.6 Å². The number of nitrogens with zero attached hydrogens (tertiary/aromatic N) is 4. The molecule has 156 valence electrons. The molecule has 0 radical (unpaired) electrons. The van der Waals surface area contributed by atoms with E-state index < -0.39 is 0 Å². The van der Waals surface area contributed by atoms with E-state index in [1.165, 1.54) is 12.8 Å². The molecule has 1 saturated heterocycles. The van der Waals surface area contributed by atoms with Crippen LogP contribution in [0.25, 0.3) is 0 Å². The maximum Gasteiger partial charge on any atom is 0.346 e. The van der Waals surface area contributed by atoms with Crippen molar-refractivity contribution in [3.8, 4) is 0 Å². The number of carbonyl (C=O) groups excluding carboxylic acids is 1. The normalized spacial score (nSPS) is 18.3. The number of rotatable bonds is 5. The fraction of sp³-hybridized carbons (Fsp3) is 0.591. The smallest absolute Gasteiger partial charge is 0.335 e. The lowest BCUT2D eigenvalue weighted by atomic mass is 9.96. The van der Waals surface area contributed by atoms with Crippen LogP contribution in [0.2, 0.25) is 0 Å². The summed E-state index contributed by atoms with van der Waals surface area (Å²) in [6.07, 6.45) is 6.33. The van der Waals surface area contributed by atoms with Gasteiger partial charge in [-0.3, -0.25) is 4.57 Å². The highest BCUT2D eigenvalue weighted by molar-refractivity contribution is 5.74. The van der Waals surface area contributed by atoms with Crippen LogP contribution in [0.15, 0.2) is 35.1 Å². The van der Waals surface area contributed by atoms with Gasteiger partial charge in [-0.25, -0.2) is 14.3 Å². The molecule has 0 unspecified atom stereocenters. The molecule has 0 spiro atoms. The number of benzene rings is 1. The third-order valence-electron chi connectivity index (χ3n) is 6.27. The number of piperidine rings is 1. The first-order chi connectivity index (χ1) is 14.2. The van der Waals surface area contributed by atoms with Gasteiger partial charge in [0.2, 0.25) is 0 Å². The summed E-state index contributed by atoms with van der Waals surface area (Å²) in [6, 6.07) is 10.4. The Labute approximate surface area is 171 Å². The van der Waals surface area contributed by atoms with Gasteiger partial charge in [-0.15, -0.1) is 0 Å². The molecule has 29 heavy (non-hydrogen) atoms. The van der Waals surface area contributed by atoms with Crippen LogP contribution in [-0.4, -0.2) is 44.4 Å². The van der Waals surface area contributed by atoms with Crippen molar-refractivity contribution in [3.63, 3.8) is 0 Å². The van der Waals surface area contributed by atoms with Crippen LogP contribution in [0.1, 0.15) is 62.8 Å². The zero-order valence-electron chi connectivity index (χ0n) is 17.2. The van der Waals surface area contributed by atoms with Crippen molar-refractivity contribution >= 4 is 6.03 Å². The van der Waals surface area contributed by atoms with Crippen molar-refractivity contribution in [2.24, 2.45) is 0 Å². The van der Waals surface area contributed by atoms with E-state index in [2.05, 4.69) is 5.32 Å². The predicted molar refractivity (Wildman–Crippen MR) is 112 cm³/mol. The highest BCUT2D eigenvalue weighted by atomic mass is 16.2. The summed E-state index contributed by atoms with van der Waals surface area (Å²) in [7, 11) is 0. The van der Waals surface area contributed by atoms with E-state index in [0.717, 1.165) is 37.1 Å². The van der Waals surface area contributed by atoms with E-state index in [4.69, 9.17) is 5.10 Å². The molecule has 1 aromatic carbocycles. The molecular formula is C22H31N5O2. The number of amides is 2. The Balaban J connectivity index is 1.41. The summed E-state index contributed by atoms with van der Waals surface area (Å²) >= 11 is 0. The maximum absolute atomic E-state index is 12.8. The number of nitrogens with one attached hydrogen (secondary N) is 1. The van der Waals surface area contributed by atoms with E-state index in [0.29, 0.717) is 32.2 Å². The molecular weight excluding hydrogens is 366 g/mol. The molecule has 2 heterocycles. The molecule has 4 rings (SSSR count). The van der Waals surface area contributed by atoms with Crippen molar-refractivity contribution < 1.29 is 4.79 Å². The highest BCUT2D eigenvalue weighted by Crippen LogP contribution is 2.27. The number of hydrogen-bond acceptors (Lipinski definition) is 3. The van der Waals surface area contributed by atoms with Crippen LogP contribution >= 0.6 is 0 Å². The number of urea groups is 1. The van der Waals surface area contributed by atoms with E-state index in [9.17, 15) is 9.59 Å². The van der Waals surface area contributed by atoms with Crippen LogP contribution in [0.5, 0.6) is 0 Å². The lowest BCUT2D eigenvalue weighted by Crippen LogP contribution is -2.47. The minimum Gasteiger partial charge on any atom is -0.335 e. The molecule has 1 aliphatic carbocycles. The number of carbonyl (C=O) groups is 1. The molecule has 1 aliphatic heterocycles. The van der Waals surface area contributed by atoms with Gasteiger partial charge >= 0.3 is 11.7 Å². The van der Waals surface area contributed by atoms with Crippen LogP contribution < -0.4 is 11.0 Å². The fourth-order valence-corrected chi connectivity index (χ4v) is 4.59. The minimum absolute atomic E-state index is 0.0484. The Morgan fingerprint density at radius 2 is 1.79 bits per heavy atom. The fourth-order valence-electron chi connectivity index (χ4n) is 4.59. The molecule has 1 saturated carbocycles. The predicted octanol–water partition coefficient (Wildman–Crippen LogP) is 2.94. The Bertz CT molecular complexity index is 874. The first-order valence-corrected chi connectivity index (χ1v) is 10.9. The topological polar surface area (TPSA) is 72.2 Å². The summed E-state index contributed by atoms with van der Waals surface area (Å²) in [6.45, 7) is 4.52. The largest absolute Gasteiger partial charge is 0.346 e. The molecule has 2 aromatic rings. The highest BCUT2D eigenvalue weighted by Gasteiger charge is 2.29. The van der Waals surface area contributed by atoms with Gasteiger partial charge in [-0.05, 0) is 38.2 Å². The molecule has 7 nitrogen and oxygen atoms in total. The molecule has 1 aromatic heterocycles. The summed E-state index contributed by atoms with van der Waals surface area (Å²) < 4.78 is 3.37. The molecule has 2 amide bonds. The average molecular weight is 398 g/mol. The molecule has 7 heteroatoms. The van der Waals surface area contributed by atoms with Gasteiger partial charge in [0.1, 0.15) is 5.82 Å². The second kappa shape index (κ2) is 8.84. The van der Waals surface area contributed by atoms with Crippen LogP contribution in [0.3, 0.4) is 0 Å². The van der Waals surface area contributed by atoms with Gasteiger partial charge in [0.05, 0.1) is 6.54 Å². The third kappa shape index (κ3) is 4.38.